The summed E-state index contributed by atoms with van der Waals surface area (Å²) in [7, 11) is 1.24. The molecule has 3 rings (SSSR count). The fourth-order valence-electron chi connectivity index (χ4n) is 2.44. The molecule has 0 bridgehead atoms. The zero-order chi connectivity index (χ0) is 14.8. The average Bonchev–Trinajstić information content (AvgIpc) is 2.94. The summed E-state index contributed by atoms with van der Waals surface area (Å²) in [5.74, 6) is -0.308. The topological polar surface area (TPSA) is 60.2 Å². The van der Waals surface area contributed by atoms with Gasteiger partial charge in [-0.2, -0.15) is 0 Å². The number of carbonyl (C=O) groups excluding carboxylic acids is 1. The average molecular weight is 290 g/mol. The molecule has 1 aliphatic rings. The molecule has 0 amide bonds. The Hall–Kier alpha value is -2.28. The van der Waals surface area contributed by atoms with Gasteiger partial charge in [0.2, 0.25) is 0 Å². The van der Waals surface area contributed by atoms with Crippen LogP contribution in [0.1, 0.15) is 21.7 Å². The number of halogens is 1. The molecule has 0 aliphatic carbocycles. The van der Waals surface area contributed by atoms with Crippen molar-refractivity contribution in [1.82, 2.24) is 19.7 Å². The maximum atomic E-state index is 13.9. The predicted octanol–water partition coefficient (Wildman–Crippen LogP) is 1.22. The molecule has 1 aliphatic heterocycles. The van der Waals surface area contributed by atoms with E-state index in [0.29, 0.717) is 13.1 Å². The predicted molar refractivity (Wildman–Crippen MR) is 71.9 cm³/mol. The van der Waals surface area contributed by atoms with Crippen LogP contribution in [0.5, 0.6) is 0 Å². The molecule has 0 N–H and O–H groups in total. The van der Waals surface area contributed by atoms with Gasteiger partial charge in [-0.1, -0.05) is 6.07 Å². The summed E-state index contributed by atoms with van der Waals surface area (Å²) in [6, 6.07) is 4.59. The Kier molecular flexibility index (Phi) is 3.66. The summed E-state index contributed by atoms with van der Waals surface area (Å²) in [6.45, 7) is 2.96. The molecule has 1 aromatic carbocycles. The van der Waals surface area contributed by atoms with Crippen LogP contribution in [0.15, 0.2) is 24.5 Å². The highest BCUT2D eigenvalue weighted by Crippen LogP contribution is 2.16. The lowest BCUT2D eigenvalue weighted by molar-refractivity contribution is 0.0595. The summed E-state index contributed by atoms with van der Waals surface area (Å²) in [4.78, 5) is 13.5. The van der Waals surface area contributed by atoms with Gasteiger partial charge in [0.15, 0.2) is 0 Å². The van der Waals surface area contributed by atoms with Crippen LogP contribution in [-0.2, 0) is 24.4 Å². The van der Waals surface area contributed by atoms with Crippen LogP contribution < -0.4 is 0 Å². The molecule has 0 saturated carbocycles. The number of ether oxygens (including phenoxy) is 1. The molecule has 0 saturated heterocycles. The standard InChI is InChI=1S/C14H15FN4O2/c1-21-14(20)11-3-2-10(6-12(11)15)7-18-4-5-19-9-16-17-13(19)8-18/h2-3,6,9H,4-5,7-8H2,1H3. The quantitative estimate of drug-likeness (QED) is 0.795. The fourth-order valence-corrected chi connectivity index (χ4v) is 2.44. The monoisotopic (exact) mass is 290 g/mol. The summed E-state index contributed by atoms with van der Waals surface area (Å²) in [5, 5.41) is 7.93. The Morgan fingerprint density at radius 2 is 2.29 bits per heavy atom. The molecule has 0 atom stereocenters. The van der Waals surface area contributed by atoms with Gasteiger partial charge in [-0.3, -0.25) is 4.90 Å². The lowest BCUT2D eigenvalue weighted by atomic mass is 10.1. The van der Waals surface area contributed by atoms with E-state index >= 15 is 0 Å². The van der Waals surface area contributed by atoms with Crippen LogP contribution in [0.25, 0.3) is 0 Å². The van der Waals surface area contributed by atoms with E-state index in [1.54, 1.807) is 12.4 Å². The third kappa shape index (κ3) is 2.78. The van der Waals surface area contributed by atoms with Gasteiger partial charge < -0.3 is 9.30 Å². The summed E-state index contributed by atoms with van der Waals surface area (Å²) >= 11 is 0. The number of hydrogen-bond acceptors (Lipinski definition) is 5. The minimum atomic E-state index is -0.662. The number of rotatable bonds is 3. The van der Waals surface area contributed by atoms with Crippen molar-refractivity contribution in [2.45, 2.75) is 19.6 Å². The third-order valence-corrected chi connectivity index (χ3v) is 3.56. The first-order valence-electron chi connectivity index (χ1n) is 6.63. The van der Waals surface area contributed by atoms with Gasteiger partial charge in [-0.25, -0.2) is 9.18 Å². The molecular weight excluding hydrogens is 275 g/mol. The third-order valence-electron chi connectivity index (χ3n) is 3.56. The smallest absolute Gasteiger partial charge is 0.340 e. The van der Waals surface area contributed by atoms with E-state index in [0.717, 1.165) is 24.5 Å². The number of methoxy groups -OCH3 is 1. The molecular formula is C14H15FN4O2. The van der Waals surface area contributed by atoms with Crippen molar-refractivity contribution in [2.75, 3.05) is 13.7 Å². The number of nitrogens with zero attached hydrogens (tertiary/aromatic N) is 4. The number of carbonyl (C=O) groups is 1. The first-order chi connectivity index (χ1) is 10.2. The molecule has 0 unspecified atom stereocenters. The van der Waals surface area contributed by atoms with Gasteiger partial charge >= 0.3 is 5.97 Å². The lowest BCUT2D eigenvalue weighted by Gasteiger charge is -2.26. The van der Waals surface area contributed by atoms with Gasteiger partial charge in [-0.05, 0) is 17.7 Å². The van der Waals surface area contributed by atoms with Crippen LogP contribution >= 0.6 is 0 Å². The van der Waals surface area contributed by atoms with Gasteiger partial charge in [-0.15, -0.1) is 10.2 Å². The molecule has 7 heteroatoms. The molecule has 6 nitrogen and oxygen atoms in total. The number of aromatic nitrogens is 3. The first-order valence-corrected chi connectivity index (χ1v) is 6.63. The molecule has 2 heterocycles. The number of fused-ring (bicyclic) bond motifs is 1. The Morgan fingerprint density at radius 1 is 1.43 bits per heavy atom. The van der Waals surface area contributed by atoms with Crippen molar-refractivity contribution < 1.29 is 13.9 Å². The van der Waals surface area contributed by atoms with Gasteiger partial charge in [0.25, 0.3) is 0 Å². The van der Waals surface area contributed by atoms with E-state index in [-0.39, 0.29) is 5.56 Å². The van der Waals surface area contributed by atoms with Gasteiger partial charge in [0.1, 0.15) is 18.0 Å². The van der Waals surface area contributed by atoms with Crippen LogP contribution in [0.3, 0.4) is 0 Å². The molecule has 0 spiro atoms. The normalized spacial score (nSPS) is 14.8. The summed E-state index contributed by atoms with van der Waals surface area (Å²) < 4.78 is 20.4. The second kappa shape index (κ2) is 5.61. The molecule has 21 heavy (non-hydrogen) atoms. The van der Waals surface area contributed by atoms with Crippen LogP contribution in [0.4, 0.5) is 4.39 Å². The molecule has 0 fully saturated rings. The van der Waals surface area contributed by atoms with Crippen molar-refractivity contribution in [3.05, 3.63) is 47.3 Å². The highest BCUT2D eigenvalue weighted by molar-refractivity contribution is 5.89. The summed E-state index contributed by atoms with van der Waals surface area (Å²) in [5.41, 5.74) is 0.771. The van der Waals surface area contributed by atoms with Crippen LogP contribution in [-0.4, -0.2) is 39.3 Å². The van der Waals surface area contributed by atoms with Crippen LogP contribution in [0.2, 0.25) is 0 Å². The Morgan fingerprint density at radius 3 is 3.05 bits per heavy atom. The molecule has 0 radical (unpaired) electrons. The Balaban J connectivity index is 1.71. The van der Waals surface area contributed by atoms with E-state index < -0.39 is 11.8 Å². The second-order valence-electron chi connectivity index (χ2n) is 4.96. The van der Waals surface area contributed by atoms with Gasteiger partial charge in [0.05, 0.1) is 19.2 Å². The molecule has 1 aromatic heterocycles. The number of hydrogen-bond donors (Lipinski definition) is 0. The van der Waals surface area contributed by atoms with E-state index in [4.69, 9.17) is 0 Å². The number of esters is 1. The fraction of sp³-hybridized carbons (Fsp3) is 0.357. The zero-order valence-corrected chi connectivity index (χ0v) is 11.6. The maximum absolute atomic E-state index is 13.9. The zero-order valence-electron chi connectivity index (χ0n) is 11.6. The van der Waals surface area contributed by atoms with Crippen molar-refractivity contribution >= 4 is 5.97 Å². The van der Waals surface area contributed by atoms with Crippen molar-refractivity contribution in [3.8, 4) is 0 Å². The highest BCUT2D eigenvalue weighted by atomic mass is 19.1. The SMILES string of the molecule is COC(=O)c1ccc(CN2CCn3cnnc3C2)cc1F. The molecule has 2 aromatic rings. The highest BCUT2D eigenvalue weighted by Gasteiger charge is 2.18. The number of benzene rings is 1. The van der Waals surface area contributed by atoms with Crippen molar-refractivity contribution in [1.29, 1.82) is 0 Å². The lowest BCUT2D eigenvalue weighted by Crippen LogP contribution is -2.33. The van der Waals surface area contributed by atoms with E-state index in [9.17, 15) is 9.18 Å². The Labute approximate surface area is 121 Å². The largest absolute Gasteiger partial charge is 0.465 e. The van der Waals surface area contributed by atoms with E-state index in [2.05, 4.69) is 19.8 Å². The van der Waals surface area contributed by atoms with E-state index in [1.807, 2.05) is 4.57 Å². The van der Waals surface area contributed by atoms with Crippen LogP contribution in [0, 0.1) is 5.82 Å². The minimum Gasteiger partial charge on any atom is -0.465 e. The van der Waals surface area contributed by atoms with E-state index in [1.165, 1.54) is 19.2 Å². The molecule has 110 valence electrons. The van der Waals surface area contributed by atoms with Crippen molar-refractivity contribution in [3.63, 3.8) is 0 Å². The first kappa shape index (κ1) is 13.7. The van der Waals surface area contributed by atoms with Crippen molar-refractivity contribution in [2.24, 2.45) is 0 Å². The Bertz CT molecular complexity index is 671. The maximum Gasteiger partial charge on any atom is 0.340 e. The summed E-state index contributed by atoms with van der Waals surface area (Å²) in [6.07, 6.45) is 1.72. The second-order valence-corrected chi connectivity index (χ2v) is 4.96. The van der Waals surface area contributed by atoms with Gasteiger partial charge in [0, 0.05) is 19.6 Å². The minimum absolute atomic E-state index is 0.0420.